The van der Waals surface area contributed by atoms with E-state index in [2.05, 4.69) is 4.43 Å². The van der Waals surface area contributed by atoms with E-state index < -0.39 is 21.4 Å². The Labute approximate surface area is 52.5 Å². The predicted molar refractivity (Wildman–Crippen MR) is 20.5 cm³/mol. The molecule has 0 aromatic rings. The summed E-state index contributed by atoms with van der Waals surface area (Å²) >= 11 is 0. The third-order valence-corrected chi connectivity index (χ3v) is 0.765. The van der Waals surface area contributed by atoms with Crippen molar-refractivity contribution in [3.8, 4) is 0 Å². The minimum absolute atomic E-state index is 2.30. The number of halogens is 6. The van der Waals surface area contributed by atoms with Gasteiger partial charge < -0.3 is 4.43 Å². The van der Waals surface area contributed by atoms with Crippen LogP contribution < -0.4 is 0 Å². The van der Waals surface area contributed by atoms with Gasteiger partial charge in [0.15, 0.2) is 0 Å². The molecule has 0 spiro atoms. The molecule has 0 aromatic carbocycles. The molecule has 0 N–H and O–H groups in total. The van der Waals surface area contributed by atoms with E-state index in [-0.39, 0.29) is 0 Å². The largest absolute Gasteiger partial charge is 0.876 e. The maximum Gasteiger partial charge on any atom is 0.876 e. The molecule has 60 valence electrons. The fourth-order valence-corrected chi connectivity index (χ4v) is 0.421. The van der Waals surface area contributed by atoms with Crippen LogP contribution in [0.5, 0.6) is 0 Å². The number of hydrogen-bond donors (Lipinski definition) is 0. The first-order valence-electron chi connectivity index (χ1n) is 1.79. The second-order valence-corrected chi connectivity index (χ2v) is 2.18. The number of hydrogen-bond acceptors (Lipinski definition) is 1. The Balaban J connectivity index is 4.06. The highest BCUT2D eigenvalue weighted by molar-refractivity contribution is 6.51. The first-order chi connectivity index (χ1) is 4.33. The van der Waals surface area contributed by atoms with Gasteiger partial charge in [-0.3, -0.25) is 0 Å². The quantitative estimate of drug-likeness (QED) is 0.275. The lowest BCUT2D eigenvalue weighted by molar-refractivity contribution is 0.156. The molecular formula is C2F6OSi. The molecule has 0 aliphatic rings. The summed E-state index contributed by atoms with van der Waals surface area (Å²) in [4.78, 5) is 0. The van der Waals surface area contributed by atoms with Crippen LogP contribution in [0.15, 0.2) is 12.1 Å². The average molecular weight is 182 g/mol. The highest BCUT2D eigenvalue weighted by Crippen LogP contribution is 2.19. The van der Waals surface area contributed by atoms with Crippen molar-refractivity contribution in [3.63, 3.8) is 0 Å². The lowest BCUT2D eigenvalue weighted by Crippen LogP contribution is -2.19. The molecule has 8 heteroatoms. The molecule has 0 aliphatic carbocycles. The Bertz CT molecular complexity index is 144. The first kappa shape index (κ1) is 9.34. The Kier molecular flexibility index (Phi) is 2.75. The maximum absolute atomic E-state index is 11.2. The zero-order valence-electron chi connectivity index (χ0n) is 4.18. The summed E-state index contributed by atoms with van der Waals surface area (Å²) in [5.74, 6) is 0. The van der Waals surface area contributed by atoms with Gasteiger partial charge in [-0.1, -0.05) is 0 Å². The van der Waals surface area contributed by atoms with Gasteiger partial charge in [0.1, 0.15) is 0 Å². The second-order valence-electron chi connectivity index (χ2n) is 1.08. The normalized spacial score (nSPS) is 11.0. The third kappa shape index (κ3) is 4.24. The van der Waals surface area contributed by atoms with Crippen LogP contribution in [-0.2, 0) is 4.43 Å². The third-order valence-electron chi connectivity index (χ3n) is 0.354. The van der Waals surface area contributed by atoms with E-state index in [1.807, 2.05) is 0 Å². The lowest BCUT2D eigenvalue weighted by Gasteiger charge is -2.00. The zero-order valence-corrected chi connectivity index (χ0v) is 5.18. The van der Waals surface area contributed by atoms with E-state index >= 15 is 0 Å². The van der Waals surface area contributed by atoms with Gasteiger partial charge in [0, 0.05) is 0 Å². The van der Waals surface area contributed by atoms with Crippen molar-refractivity contribution in [2.75, 3.05) is 0 Å². The molecule has 0 aromatic heterocycles. The van der Waals surface area contributed by atoms with Crippen LogP contribution in [0.1, 0.15) is 0 Å². The van der Waals surface area contributed by atoms with Gasteiger partial charge >= 0.3 is 21.4 Å². The summed E-state index contributed by atoms with van der Waals surface area (Å²) in [7, 11) is -6.70. The van der Waals surface area contributed by atoms with Crippen LogP contribution in [0, 0.1) is 0 Å². The summed E-state index contributed by atoms with van der Waals surface area (Å²) in [5.41, 5.74) is 0. The van der Waals surface area contributed by atoms with Crippen LogP contribution in [-0.4, -0.2) is 9.32 Å². The molecule has 1 nitrogen and oxygen atoms in total. The minimum Gasteiger partial charge on any atom is -0.445 e. The molecular weight excluding hydrogens is 182 g/mol. The summed E-state index contributed by atoms with van der Waals surface area (Å²) < 4.78 is 68.2. The topological polar surface area (TPSA) is 9.23 Å². The smallest absolute Gasteiger partial charge is 0.445 e. The van der Waals surface area contributed by atoms with E-state index in [4.69, 9.17) is 0 Å². The summed E-state index contributed by atoms with van der Waals surface area (Å²) in [6.45, 7) is 0. The Hall–Kier alpha value is -0.663. The Morgan fingerprint density at radius 1 is 1.00 bits per heavy atom. The standard InChI is InChI=1S/C2F6OSi/c3-1(4)2(5)9-10(6,7)8. The molecule has 0 saturated carbocycles. The van der Waals surface area contributed by atoms with Gasteiger partial charge in [0.25, 0.3) is 0 Å². The van der Waals surface area contributed by atoms with Gasteiger partial charge in [-0.2, -0.15) is 13.2 Å². The van der Waals surface area contributed by atoms with E-state index in [9.17, 15) is 25.5 Å². The number of rotatable bonds is 2. The van der Waals surface area contributed by atoms with Gasteiger partial charge in [0.05, 0.1) is 0 Å². The molecule has 0 saturated heterocycles. The first-order valence-corrected chi connectivity index (χ1v) is 3.33. The SMILES string of the molecule is FC(F)=C(F)O[Si](F)(F)F. The van der Waals surface area contributed by atoms with Crippen molar-refractivity contribution in [3.05, 3.63) is 12.1 Å². The van der Waals surface area contributed by atoms with Crippen molar-refractivity contribution in [2.24, 2.45) is 0 Å². The van der Waals surface area contributed by atoms with Gasteiger partial charge in [-0.15, -0.1) is 0 Å². The van der Waals surface area contributed by atoms with Gasteiger partial charge in [0.2, 0.25) is 0 Å². The predicted octanol–water partition coefficient (Wildman–Crippen LogP) is 2.38. The fourth-order valence-electron chi connectivity index (χ4n) is 0.140. The lowest BCUT2D eigenvalue weighted by atomic mass is 11.0. The molecule has 0 aliphatic heterocycles. The maximum atomic E-state index is 11.2. The molecule has 0 heterocycles. The average Bonchev–Trinajstić information content (AvgIpc) is 1.60. The van der Waals surface area contributed by atoms with Gasteiger partial charge in [-0.05, 0) is 0 Å². The Morgan fingerprint density at radius 3 is 1.50 bits per heavy atom. The van der Waals surface area contributed by atoms with E-state index in [0.717, 1.165) is 0 Å². The molecule has 0 atom stereocenters. The molecule has 0 radical (unpaired) electrons. The second kappa shape index (κ2) is 2.95. The summed E-state index contributed by atoms with van der Waals surface area (Å²) in [6.07, 6.45) is -3.11. The van der Waals surface area contributed by atoms with Crippen molar-refractivity contribution in [1.82, 2.24) is 0 Å². The van der Waals surface area contributed by atoms with E-state index in [1.54, 1.807) is 0 Å². The molecule has 0 unspecified atom stereocenters. The van der Waals surface area contributed by atoms with Crippen molar-refractivity contribution < 1.29 is 29.9 Å². The van der Waals surface area contributed by atoms with Crippen molar-refractivity contribution >= 4 is 9.32 Å². The Morgan fingerprint density at radius 2 is 1.40 bits per heavy atom. The van der Waals surface area contributed by atoms with Crippen LogP contribution in [0.4, 0.5) is 25.5 Å². The molecule has 10 heavy (non-hydrogen) atoms. The summed E-state index contributed by atoms with van der Waals surface area (Å²) in [5, 5.41) is 0. The zero-order chi connectivity index (χ0) is 8.36. The van der Waals surface area contributed by atoms with Gasteiger partial charge in [-0.25, -0.2) is 12.3 Å². The fraction of sp³-hybridized carbons (Fsp3) is 0. The van der Waals surface area contributed by atoms with Crippen molar-refractivity contribution in [1.29, 1.82) is 0 Å². The van der Waals surface area contributed by atoms with E-state index in [1.165, 1.54) is 0 Å². The highest BCUT2D eigenvalue weighted by Gasteiger charge is 2.46. The van der Waals surface area contributed by atoms with Crippen molar-refractivity contribution in [2.45, 2.75) is 0 Å². The minimum atomic E-state index is -6.70. The van der Waals surface area contributed by atoms with Crippen LogP contribution in [0.3, 0.4) is 0 Å². The van der Waals surface area contributed by atoms with Crippen LogP contribution >= 0.6 is 0 Å². The molecule has 0 rings (SSSR count). The summed E-state index contributed by atoms with van der Waals surface area (Å²) in [6, 6.07) is -2.86. The van der Waals surface area contributed by atoms with E-state index in [0.29, 0.717) is 0 Å². The van der Waals surface area contributed by atoms with Crippen LogP contribution in [0.2, 0.25) is 0 Å². The molecule has 0 bridgehead atoms. The highest BCUT2D eigenvalue weighted by atomic mass is 28.5. The molecule has 0 amide bonds. The monoisotopic (exact) mass is 182 g/mol. The molecule has 0 fully saturated rings. The van der Waals surface area contributed by atoms with Crippen LogP contribution in [0.25, 0.3) is 0 Å².